The van der Waals surface area contributed by atoms with Crippen LogP contribution in [0.15, 0.2) is 108 Å². The zero-order chi connectivity index (χ0) is 20.1. The summed E-state index contributed by atoms with van der Waals surface area (Å²) in [4.78, 5) is 4.81. The molecule has 0 spiro atoms. The fourth-order valence-electron chi connectivity index (χ4n) is 4.20. The van der Waals surface area contributed by atoms with Crippen molar-refractivity contribution in [3.8, 4) is 22.4 Å². The molecule has 2 heterocycles. The van der Waals surface area contributed by atoms with E-state index in [1.165, 1.54) is 32.7 Å². The second-order valence-corrected chi connectivity index (χ2v) is 8.42. The van der Waals surface area contributed by atoms with Gasteiger partial charge in [0.2, 0.25) is 0 Å². The number of hydrogen-bond acceptors (Lipinski definition) is 1. The molecular weight excluding hydrogens is 432 g/mol. The predicted octanol–water partition coefficient (Wildman–Crippen LogP) is 7.74. The monoisotopic (exact) mass is 448 g/mol. The first-order valence-electron chi connectivity index (χ1n) is 9.92. The Balaban J connectivity index is 1.56. The van der Waals surface area contributed by atoms with E-state index in [0.717, 1.165) is 21.4 Å². The van der Waals surface area contributed by atoms with Crippen LogP contribution in [-0.4, -0.2) is 9.38 Å². The molecule has 0 amide bonds. The molecule has 6 rings (SSSR count). The molecule has 0 N–H and O–H groups in total. The van der Waals surface area contributed by atoms with Gasteiger partial charge in [0.05, 0.1) is 5.69 Å². The number of fused-ring (bicyclic) bond motifs is 4. The fraction of sp³-hybridized carbons (Fsp3) is 0. The molecular formula is C27H17BrN2. The minimum absolute atomic E-state index is 0.946. The maximum absolute atomic E-state index is 4.81. The first-order chi connectivity index (χ1) is 14.8. The van der Waals surface area contributed by atoms with Crippen LogP contribution in [0.1, 0.15) is 0 Å². The molecule has 0 aliphatic rings. The van der Waals surface area contributed by atoms with Crippen molar-refractivity contribution in [3.05, 3.63) is 108 Å². The third-order valence-corrected chi connectivity index (χ3v) is 6.20. The van der Waals surface area contributed by atoms with Crippen LogP contribution >= 0.6 is 15.9 Å². The average Bonchev–Trinajstić information content (AvgIpc) is 3.22. The Labute approximate surface area is 182 Å². The summed E-state index contributed by atoms with van der Waals surface area (Å²) < 4.78 is 3.19. The molecule has 0 saturated heterocycles. The molecule has 2 nitrogen and oxygen atoms in total. The van der Waals surface area contributed by atoms with Gasteiger partial charge < -0.3 is 4.40 Å². The first kappa shape index (κ1) is 17.4. The highest BCUT2D eigenvalue weighted by Crippen LogP contribution is 2.35. The van der Waals surface area contributed by atoms with Gasteiger partial charge in [0.1, 0.15) is 5.65 Å². The van der Waals surface area contributed by atoms with Crippen LogP contribution in [0.3, 0.4) is 0 Å². The Morgan fingerprint density at radius 3 is 2.17 bits per heavy atom. The molecule has 0 aliphatic heterocycles. The summed E-state index contributed by atoms with van der Waals surface area (Å²) in [5.41, 5.74) is 5.46. The zero-order valence-corrected chi connectivity index (χ0v) is 17.7. The Bertz CT molecular complexity index is 1540. The lowest BCUT2D eigenvalue weighted by Gasteiger charge is -2.11. The molecule has 4 aromatic carbocycles. The lowest BCUT2D eigenvalue weighted by Crippen LogP contribution is -1.88. The SMILES string of the molecule is Brc1ccc(-c2cn3cc(-c4cc5ccccc5c5ccccc45)ccc3n2)cc1. The summed E-state index contributed by atoms with van der Waals surface area (Å²) in [7, 11) is 0. The summed E-state index contributed by atoms with van der Waals surface area (Å²) in [6.07, 6.45) is 4.28. The third kappa shape index (κ3) is 2.82. The van der Waals surface area contributed by atoms with Gasteiger partial charge in [-0.15, -0.1) is 0 Å². The van der Waals surface area contributed by atoms with Gasteiger partial charge in [-0.1, -0.05) is 76.6 Å². The van der Waals surface area contributed by atoms with Crippen molar-refractivity contribution in [3.63, 3.8) is 0 Å². The van der Waals surface area contributed by atoms with Crippen molar-refractivity contribution in [2.75, 3.05) is 0 Å². The summed E-state index contributed by atoms with van der Waals surface area (Å²) in [5.74, 6) is 0. The summed E-state index contributed by atoms with van der Waals surface area (Å²) in [6.45, 7) is 0. The fourth-order valence-corrected chi connectivity index (χ4v) is 4.47. The molecule has 142 valence electrons. The molecule has 0 unspecified atom stereocenters. The van der Waals surface area contributed by atoms with Crippen molar-refractivity contribution < 1.29 is 0 Å². The number of benzene rings is 4. The van der Waals surface area contributed by atoms with Crippen LogP contribution in [0, 0.1) is 0 Å². The van der Waals surface area contributed by atoms with Crippen molar-refractivity contribution >= 4 is 43.1 Å². The third-order valence-electron chi connectivity index (χ3n) is 5.67. The Morgan fingerprint density at radius 1 is 0.633 bits per heavy atom. The molecule has 0 bridgehead atoms. The van der Waals surface area contributed by atoms with E-state index in [1.807, 2.05) is 12.1 Å². The van der Waals surface area contributed by atoms with Gasteiger partial charge in [0.25, 0.3) is 0 Å². The Morgan fingerprint density at radius 2 is 1.33 bits per heavy atom. The number of aromatic nitrogens is 2. The number of pyridine rings is 1. The second-order valence-electron chi connectivity index (χ2n) is 7.51. The van der Waals surface area contributed by atoms with Crippen molar-refractivity contribution in [1.82, 2.24) is 9.38 Å². The van der Waals surface area contributed by atoms with Crippen molar-refractivity contribution in [1.29, 1.82) is 0 Å². The summed E-state index contributed by atoms with van der Waals surface area (Å²) >= 11 is 3.50. The molecule has 3 heteroatoms. The van der Waals surface area contributed by atoms with Gasteiger partial charge in [-0.3, -0.25) is 0 Å². The van der Waals surface area contributed by atoms with Crippen LogP contribution in [-0.2, 0) is 0 Å². The largest absolute Gasteiger partial charge is 0.306 e. The molecule has 0 atom stereocenters. The van der Waals surface area contributed by atoms with E-state index in [2.05, 4.69) is 112 Å². The van der Waals surface area contributed by atoms with Gasteiger partial charge in [0, 0.05) is 22.4 Å². The highest BCUT2D eigenvalue weighted by molar-refractivity contribution is 9.10. The lowest BCUT2D eigenvalue weighted by atomic mass is 9.94. The van der Waals surface area contributed by atoms with E-state index in [9.17, 15) is 0 Å². The van der Waals surface area contributed by atoms with E-state index in [1.54, 1.807) is 0 Å². The normalized spacial score (nSPS) is 11.5. The van der Waals surface area contributed by atoms with Gasteiger partial charge >= 0.3 is 0 Å². The van der Waals surface area contributed by atoms with Gasteiger partial charge in [-0.25, -0.2) is 4.98 Å². The predicted molar refractivity (Wildman–Crippen MR) is 129 cm³/mol. The highest BCUT2D eigenvalue weighted by Gasteiger charge is 2.10. The topological polar surface area (TPSA) is 17.3 Å². The molecule has 30 heavy (non-hydrogen) atoms. The minimum atomic E-state index is 0.946. The summed E-state index contributed by atoms with van der Waals surface area (Å²) in [5, 5.41) is 5.10. The summed E-state index contributed by atoms with van der Waals surface area (Å²) in [6, 6.07) is 32.1. The zero-order valence-electron chi connectivity index (χ0n) is 16.1. The van der Waals surface area contributed by atoms with Crippen LogP contribution in [0.25, 0.3) is 49.6 Å². The lowest BCUT2D eigenvalue weighted by molar-refractivity contribution is 1.19. The molecule has 0 saturated carbocycles. The maximum Gasteiger partial charge on any atom is 0.137 e. The van der Waals surface area contributed by atoms with Crippen LogP contribution in [0.2, 0.25) is 0 Å². The average molecular weight is 449 g/mol. The molecule has 2 aromatic heterocycles. The van der Waals surface area contributed by atoms with E-state index < -0.39 is 0 Å². The molecule has 0 radical (unpaired) electrons. The van der Waals surface area contributed by atoms with Gasteiger partial charge in [-0.2, -0.15) is 0 Å². The smallest absolute Gasteiger partial charge is 0.137 e. The number of halogens is 1. The molecule has 0 aliphatic carbocycles. The first-order valence-corrected chi connectivity index (χ1v) is 10.7. The van der Waals surface area contributed by atoms with E-state index in [4.69, 9.17) is 4.98 Å². The van der Waals surface area contributed by atoms with E-state index >= 15 is 0 Å². The molecule has 0 fully saturated rings. The Hall–Kier alpha value is -3.43. The second kappa shape index (κ2) is 6.82. The number of imidazole rings is 1. The number of nitrogens with zero attached hydrogens (tertiary/aromatic N) is 2. The number of rotatable bonds is 2. The van der Waals surface area contributed by atoms with Crippen molar-refractivity contribution in [2.45, 2.75) is 0 Å². The van der Waals surface area contributed by atoms with Crippen LogP contribution < -0.4 is 0 Å². The molecule has 6 aromatic rings. The van der Waals surface area contributed by atoms with Crippen LogP contribution in [0.4, 0.5) is 0 Å². The highest BCUT2D eigenvalue weighted by atomic mass is 79.9. The standard InChI is InChI=1S/C27H17BrN2/c28-21-12-9-18(10-13-21)26-17-30-16-20(11-14-27(30)29-26)25-15-19-5-1-2-6-22(19)23-7-3-4-8-24(23)25/h1-17H. The Kier molecular flexibility index (Phi) is 3.96. The van der Waals surface area contributed by atoms with Gasteiger partial charge in [0.15, 0.2) is 0 Å². The van der Waals surface area contributed by atoms with Crippen LogP contribution in [0.5, 0.6) is 0 Å². The quantitative estimate of drug-likeness (QED) is 0.247. The maximum atomic E-state index is 4.81. The van der Waals surface area contributed by atoms with Crippen molar-refractivity contribution in [2.24, 2.45) is 0 Å². The van der Waals surface area contributed by atoms with E-state index in [0.29, 0.717) is 0 Å². The number of hydrogen-bond donors (Lipinski definition) is 0. The van der Waals surface area contributed by atoms with E-state index in [-0.39, 0.29) is 0 Å². The van der Waals surface area contributed by atoms with Gasteiger partial charge in [-0.05, 0) is 63.0 Å². The minimum Gasteiger partial charge on any atom is -0.306 e.